The standard InChI is InChI=1S/C17H18BrF2N3O3/c1-23(10-16(24)22-15-6-4-12(18)8-21-15)9-11-3-5-13(25-2)14(7-11)26-17(19)20/h3-8,17H,9-10H2,1-2H3,(H,21,22,24). The molecule has 1 amide bonds. The van der Waals surface area contributed by atoms with E-state index in [9.17, 15) is 13.6 Å². The first-order chi connectivity index (χ1) is 12.4. The Morgan fingerprint density at radius 1 is 1.31 bits per heavy atom. The van der Waals surface area contributed by atoms with Gasteiger partial charge in [0.15, 0.2) is 11.5 Å². The summed E-state index contributed by atoms with van der Waals surface area (Å²) >= 11 is 3.27. The molecule has 2 aromatic rings. The number of likely N-dealkylation sites (N-methyl/N-ethyl adjacent to an activating group) is 1. The molecule has 0 spiro atoms. The van der Waals surface area contributed by atoms with E-state index in [1.165, 1.54) is 13.2 Å². The third kappa shape index (κ3) is 6.23. The van der Waals surface area contributed by atoms with Crippen molar-refractivity contribution >= 4 is 27.7 Å². The lowest BCUT2D eigenvalue weighted by atomic mass is 10.2. The van der Waals surface area contributed by atoms with Crippen LogP contribution in [0.3, 0.4) is 0 Å². The molecule has 1 N–H and O–H groups in total. The average molecular weight is 430 g/mol. The molecular weight excluding hydrogens is 412 g/mol. The number of amides is 1. The Balaban J connectivity index is 1.95. The number of nitrogens with one attached hydrogen (secondary N) is 1. The average Bonchev–Trinajstić information content (AvgIpc) is 2.56. The van der Waals surface area contributed by atoms with Crippen LogP contribution in [0.25, 0.3) is 0 Å². The molecule has 1 aromatic carbocycles. The number of pyridine rings is 1. The zero-order valence-corrected chi connectivity index (χ0v) is 15.8. The molecule has 2 rings (SSSR count). The Labute approximate surface area is 158 Å². The molecule has 1 heterocycles. The first-order valence-corrected chi connectivity index (χ1v) is 8.38. The molecule has 0 fully saturated rings. The summed E-state index contributed by atoms with van der Waals surface area (Å²) < 4.78 is 35.2. The minimum absolute atomic E-state index is 0.0445. The van der Waals surface area contributed by atoms with E-state index in [0.29, 0.717) is 17.9 Å². The lowest BCUT2D eigenvalue weighted by molar-refractivity contribution is -0.117. The van der Waals surface area contributed by atoms with Gasteiger partial charge in [0.05, 0.1) is 13.7 Å². The monoisotopic (exact) mass is 429 g/mol. The minimum atomic E-state index is -2.94. The van der Waals surface area contributed by atoms with Crippen molar-refractivity contribution in [3.8, 4) is 11.5 Å². The van der Waals surface area contributed by atoms with Gasteiger partial charge in [-0.1, -0.05) is 6.07 Å². The number of carbonyl (C=O) groups is 1. The molecule has 0 radical (unpaired) electrons. The summed E-state index contributed by atoms with van der Waals surface area (Å²) in [7, 11) is 3.12. The van der Waals surface area contributed by atoms with Gasteiger partial charge in [0.25, 0.3) is 0 Å². The SMILES string of the molecule is COc1ccc(CN(C)CC(=O)Nc2ccc(Br)cn2)cc1OC(F)F. The van der Waals surface area contributed by atoms with E-state index in [2.05, 4.69) is 31.0 Å². The maximum absolute atomic E-state index is 12.5. The van der Waals surface area contributed by atoms with E-state index in [-0.39, 0.29) is 24.0 Å². The molecule has 0 atom stereocenters. The maximum Gasteiger partial charge on any atom is 0.387 e. The van der Waals surface area contributed by atoms with Crippen LogP contribution < -0.4 is 14.8 Å². The Hall–Kier alpha value is -2.26. The molecule has 1 aromatic heterocycles. The quantitative estimate of drug-likeness (QED) is 0.695. The Morgan fingerprint density at radius 3 is 2.69 bits per heavy atom. The number of hydrogen-bond acceptors (Lipinski definition) is 5. The van der Waals surface area contributed by atoms with Crippen molar-refractivity contribution in [1.29, 1.82) is 0 Å². The predicted molar refractivity (Wildman–Crippen MR) is 96.5 cm³/mol. The lowest BCUT2D eigenvalue weighted by Gasteiger charge is -2.17. The number of halogens is 3. The van der Waals surface area contributed by atoms with E-state index >= 15 is 0 Å². The molecule has 0 aliphatic rings. The van der Waals surface area contributed by atoms with Crippen LogP contribution in [-0.2, 0) is 11.3 Å². The molecule has 140 valence electrons. The number of anilines is 1. The summed E-state index contributed by atoms with van der Waals surface area (Å²) in [5.74, 6) is 0.385. The summed E-state index contributed by atoms with van der Waals surface area (Å²) in [5, 5.41) is 2.69. The van der Waals surface area contributed by atoms with Crippen LogP contribution in [0.15, 0.2) is 41.0 Å². The van der Waals surface area contributed by atoms with Gasteiger partial charge in [-0.25, -0.2) is 4.98 Å². The highest BCUT2D eigenvalue weighted by atomic mass is 79.9. The van der Waals surface area contributed by atoms with Gasteiger partial charge in [-0.05, 0) is 52.8 Å². The van der Waals surface area contributed by atoms with E-state index < -0.39 is 6.61 Å². The number of aromatic nitrogens is 1. The Bertz CT molecular complexity index is 745. The van der Waals surface area contributed by atoms with Gasteiger partial charge in [-0.2, -0.15) is 8.78 Å². The van der Waals surface area contributed by atoms with Gasteiger partial charge >= 0.3 is 6.61 Å². The summed E-state index contributed by atoms with van der Waals surface area (Å²) in [6.45, 7) is -2.47. The third-order valence-electron chi connectivity index (χ3n) is 3.30. The van der Waals surface area contributed by atoms with Gasteiger partial charge < -0.3 is 14.8 Å². The molecule has 0 unspecified atom stereocenters. The molecule has 26 heavy (non-hydrogen) atoms. The summed E-state index contributed by atoms with van der Waals surface area (Å²) in [5.41, 5.74) is 0.707. The van der Waals surface area contributed by atoms with Crippen molar-refractivity contribution in [2.24, 2.45) is 0 Å². The first-order valence-electron chi connectivity index (χ1n) is 7.59. The lowest BCUT2D eigenvalue weighted by Crippen LogP contribution is -2.30. The van der Waals surface area contributed by atoms with Crippen LogP contribution in [0.1, 0.15) is 5.56 Å². The van der Waals surface area contributed by atoms with Gasteiger partial charge in [-0.15, -0.1) is 0 Å². The van der Waals surface area contributed by atoms with Gasteiger partial charge in [-0.3, -0.25) is 9.69 Å². The molecule has 0 saturated heterocycles. The van der Waals surface area contributed by atoms with Crippen LogP contribution in [0.4, 0.5) is 14.6 Å². The van der Waals surface area contributed by atoms with Crippen LogP contribution in [0.5, 0.6) is 11.5 Å². The minimum Gasteiger partial charge on any atom is -0.493 e. The number of alkyl halides is 2. The van der Waals surface area contributed by atoms with Crippen LogP contribution in [0.2, 0.25) is 0 Å². The Kier molecular flexibility index (Phi) is 7.28. The second-order valence-electron chi connectivity index (χ2n) is 5.45. The van der Waals surface area contributed by atoms with E-state index in [0.717, 1.165) is 4.47 Å². The van der Waals surface area contributed by atoms with E-state index in [4.69, 9.17) is 4.74 Å². The molecule has 0 bridgehead atoms. The molecule has 0 aliphatic heterocycles. The molecule has 9 heteroatoms. The topological polar surface area (TPSA) is 63.7 Å². The zero-order chi connectivity index (χ0) is 19.1. The Morgan fingerprint density at radius 2 is 2.08 bits per heavy atom. The van der Waals surface area contributed by atoms with Gasteiger partial charge in [0.1, 0.15) is 5.82 Å². The summed E-state index contributed by atoms with van der Waals surface area (Å²) in [6.07, 6.45) is 1.58. The molecule has 0 saturated carbocycles. The second-order valence-corrected chi connectivity index (χ2v) is 6.36. The fourth-order valence-electron chi connectivity index (χ4n) is 2.25. The first kappa shape index (κ1) is 20.1. The normalized spacial score (nSPS) is 10.9. The number of methoxy groups -OCH3 is 1. The highest BCUT2D eigenvalue weighted by Gasteiger charge is 2.13. The summed E-state index contributed by atoms with van der Waals surface area (Å²) in [4.78, 5) is 17.9. The van der Waals surface area contributed by atoms with Crippen molar-refractivity contribution in [1.82, 2.24) is 9.88 Å². The fourth-order valence-corrected chi connectivity index (χ4v) is 2.49. The highest BCUT2D eigenvalue weighted by Crippen LogP contribution is 2.29. The van der Waals surface area contributed by atoms with Gasteiger partial charge in [0.2, 0.25) is 5.91 Å². The molecule has 6 nitrogen and oxygen atoms in total. The van der Waals surface area contributed by atoms with Crippen LogP contribution in [-0.4, -0.2) is 43.1 Å². The number of hydrogen-bond donors (Lipinski definition) is 1. The number of benzene rings is 1. The van der Waals surface area contributed by atoms with Crippen molar-refractivity contribution in [2.75, 3.05) is 26.0 Å². The van der Waals surface area contributed by atoms with Crippen molar-refractivity contribution < 1.29 is 23.0 Å². The van der Waals surface area contributed by atoms with Crippen molar-refractivity contribution in [3.05, 3.63) is 46.6 Å². The predicted octanol–water partition coefficient (Wildman–Crippen LogP) is 3.52. The summed E-state index contributed by atoms with van der Waals surface area (Å²) in [6, 6.07) is 8.19. The second kappa shape index (κ2) is 9.44. The number of ether oxygens (including phenoxy) is 2. The van der Waals surface area contributed by atoms with E-state index in [1.807, 2.05) is 0 Å². The number of rotatable bonds is 8. The smallest absolute Gasteiger partial charge is 0.387 e. The van der Waals surface area contributed by atoms with Crippen LogP contribution >= 0.6 is 15.9 Å². The highest BCUT2D eigenvalue weighted by molar-refractivity contribution is 9.10. The van der Waals surface area contributed by atoms with Gasteiger partial charge in [0, 0.05) is 17.2 Å². The van der Waals surface area contributed by atoms with Crippen molar-refractivity contribution in [3.63, 3.8) is 0 Å². The number of carbonyl (C=O) groups excluding carboxylic acids is 1. The fraction of sp³-hybridized carbons (Fsp3) is 0.294. The van der Waals surface area contributed by atoms with Crippen LogP contribution in [0, 0.1) is 0 Å². The van der Waals surface area contributed by atoms with E-state index in [1.54, 1.807) is 42.4 Å². The molecular formula is C17H18BrF2N3O3. The third-order valence-corrected chi connectivity index (χ3v) is 3.77. The molecule has 0 aliphatic carbocycles. The maximum atomic E-state index is 12.5. The largest absolute Gasteiger partial charge is 0.493 e. The number of nitrogens with zero attached hydrogens (tertiary/aromatic N) is 2. The van der Waals surface area contributed by atoms with Crippen molar-refractivity contribution in [2.45, 2.75) is 13.2 Å². The zero-order valence-electron chi connectivity index (χ0n) is 14.2.